The number of hydrogen-bond donors (Lipinski definition) is 2. The van der Waals surface area contributed by atoms with Gasteiger partial charge in [0.2, 0.25) is 0 Å². The van der Waals surface area contributed by atoms with Gasteiger partial charge in [-0.1, -0.05) is 29.3 Å². The second kappa shape index (κ2) is 7.14. The molecule has 0 aliphatic carbocycles. The first kappa shape index (κ1) is 18.5. The van der Waals surface area contributed by atoms with E-state index in [1.54, 1.807) is 0 Å². The molecule has 2 aromatic carbocycles. The third kappa shape index (κ3) is 4.46. The van der Waals surface area contributed by atoms with Gasteiger partial charge in [-0.15, -0.1) is 0 Å². The Bertz CT molecular complexity index is 825. The smallest absolute Gasteiger partial charge is 0.171 e. The van der Waals surface area contributed by atoms with Gasteiger partial charge in [-0.05, 0) is 73.2 Å². The molecule has 0 bridgehead atoms. The van der Waals surface area contributed by atoms with Crippen LogP contribution in [-0.4, -0.2) is 10.7 Å². The molecule has 6 heteroatoms. The Morgan fingerprint density at radius 1 is 1.28 bits per heavy atom. The minimum atomic E-state index is -0.254. The maximum atomic E-state index is 6.14. The molecule has 2 aromatic rings. The molecule has 0 spiro atoms. The number of thiocarbonyl (C=S) groups is 1. The maximum Gasteiger partial charge on any atom is 0.171 e. The zero-order valence-electron chi connectivity index (χ0n) is 14.3. The van der Waals surface area contributed by atoms with E-state index < -0.39 is 0 Å². The fourth-order valence-electron chi connectivity index (χ4n) is 3.00. The molecular formula is C19H20BrClN2OS. The topological polar surface area (TPSA) is 33.3 Å². The van der Waals surface area contributed by atoms with E-state index in [4.69, 9.17) is 28.6 Å². The molecule has 25 heavy (non-hydrogen) atoms. The van der Waals surface area contributed by atoms with Crippen molar-refractivity contribution in [2.24, 2.45) is 0 Å². The summed E-state index contributed by atoms with van der Waals surface area (Å²) in [5.74, 6) is 0.911. The zero-order valence-corrected chi connectivity index (χ0v) is 17.5. The molecule has 3 rings (SSSR count). The lowest BCUT2D eigenvalue weighted by molar-refractivity contribution is 0.0696. The van der Waals surface area contributed by atoms with Crippen LogP contribution in [0.2, 0.25) is 5.02 Å². The van der Waals surface area contributed by atoms with Gasteiger partial charge >= 0.3 is 0 Å². The van der Waals surface area contributed by atoms with Crippen molar-refractivity contribution >= 4 is 50.5 Å². The third-order valence-electron chi connectivity index (χ3n) is 4.11. The molecule has 1 unspecified atom stereocenters. The first-order chi connectivity index (χ1) is 11.7. The van der Waals surface area contributed by atoms with Crippen molar-refractivity contribution in [2.45, 2.75) is 38.8 Å². The minimum absolute atomic E-state index is 0.0876. The van der Waals surface area contributed by atoms with Crippen LogP contribution >= 0.6 is 39.7 Å². The summed E-state index contributed by atoms with van der Waals surface area (Å²) in [5.41, 5.74) is 2.93. The van der Waals surface area contributed by atoms with E-state index in [9.17, 15) is 0 Å². The van der Waals surface area contributed by atoms with Crippen molar-refractivity contribution in [3.05, 3.63) is 57.0 Å². The molecule has 3 nitrogen and oxygen atoms in total. The van der Waals surface area contributed by atoms with E-state index in [1.165, 1.54) is 5.56 Å². The number of fused-ring (bicyclic) bond motifs is 1. The van der Waals surface area contributed by atoms with Gasteiger partial charge in [0.15, 0.2) is 5.11 Å². The van der Waals surface area contributed by atoms with Crippen LogP contribution in [0, 0.1) is 6.92 Å². The van der Waals surface area contributed by atoms with Gasteiger partial charge in [0, 0.05) is 22.1 Å². The molecule has 0 aromatic heterocycles. The number of hydrogen-bond acceptors (Lipinski definition) is 2. The molecule has 1 aliphatic heterocycles. The number of ether oxygens (including phenoxy) is 1. The summed E-state index contributed by atoms with van der Waals surface area (Å²) in [5, 5.41) is 7.83. The Balaban J connectivity index is 1.78. The SMILES string of the molecule is Cc1ccc2c(c1)C(NC(=S)Nc1ccc(Br)c(Cl)c1)CC(C)(C)O2. The lowest BCUT2D eigenvalue weighted by atomic mass is 9.89. The Kier molecular flexibility index (Phi) is 5.28. The third-order valence-corrected chi connectivity index (χ3v) is 5.56. The van der Waals surface area contributed by atoms with Crippen LogP contribution in [0.1, 0.15) is 37.4 Å². The number of nitrogens with one attached hydrogen (secondary N) is 2. The quantitative estimate of drug-likeness (QED) is 0.562. The molecule has 0 amide bonds. The zero-order chi connectivity index (χ0) is 18.2. The van der Waals surface area contributed by atoms with Gasteiger partial charge in [0.25, 0.3) is 0 Å². The first-order valence-corrected chi connectivity index (χ1v) is 9.63. The lowest BCUT2D eigenvalue weighted by Crippen LogP contribution is -2.42. The Morgan fingerprint density at radius 2 is 2.04 bits per heavy atom. The average Bonchev–Trinajstić information content (AvgIpc) is 2.51. The van der Waals surface area contributed by atoms with Gasteiger partial charge in [0.05, 0.1) is 11.1 Å². The highest BCUT2D eigenvalue weighted by molar-refractivity contribution is 9.10. The molecule has 1 heterocycles. The number of benzene rings is 2. The highest BCUT2D eigenvalue weighted by Gasteiger charge is 2.34. The summed E-state index contributed by atoms with van der Waals surface area (Å²) in [6.07, 6.45) is 0.826. The van der Waals surface area contributed by atoms with Gasteiger partial charge in [-0.2, -0.15) is 0 Å². The van der Waals surface area contributed by atoms with E-state index in [1.807, 2.05) is 24.3 Å². The Morgan fingerprint density at radius 3 is 2.76 bits per heavy atom. The van der Waals surface area contributed by atoms with Crippen LogP contribution < -0.4 is 15.4 Å². The van der Waals surface area contributed by atoms with Crippen LogP contribution in [0.25, 0.3) is 0 Å². The summed E-state index contributed by atoms with van der Waals surface area (Å²) in [6.45, 7) is 6.27. The van der Waals surface area contributed by atoms with Gasteiger partial charge in [-0.25, -0.2) is 0 Å². The Hall–Kier alpha value is -1.30. The van der Waals surface area contributed by atoms with E-state index >= 15 is 0 Å². The monoisotopic (exact) mass is 438 g/mol. The molecule has 1 aliphatic rings. The summed E-state index contributed by atoms with van der Waals surface area (Å²) in [7, 11) is 0. The minimum Gasteiger partial charge on any atom is -0.487 e. The summed E-state index contributed by atoms with van der Waals surface area (Å²) >= 11 is 15.0. The second-order valence-electron chi connectivity index (χ2n) is 6.89. The van der Waals surface area contributed by atoms with Crippen molar-refractivity contribution in [1.29, 1.82) is 0 Å². The second-order valence-corrected chi connectivity index (χ2v) is 8.56. The molecule has 0 saturated carbocycles. The van der Waals surface area contributed by atoms with E-state index in [2.05, 4.69) is 59.5 Å². The van der Waals surface area contributed by atoms with Crippen LogP contribution in [-0.2, 0) is 0 Å². The number of rotatable bonds is 2. The van der Waals surface area contributed by atoms with Crippen LogP contribution in [0.15, 0.2) is 40.9 Å². The van der Waals surface area contributed by atoms with E-state index in [0.29, 0.717) is 10.1 Å². The molecule has 0 fully saturated rings. The predicted octanol–water partition coefficient (Wildman–Crippen LogP) is 6.00. The molecule has 2 N–H and O–H groups in total. The van der Waals surface area contributed by atoms with E-state index in [0.717, 1.165) is 27.9 Å². The normalized spacial score (nSPS) is 18.0. The number of halogens is 2. The Labute approximate surface area is 167 Å². The van der Waals surface area contributed by atoms with Crippen molar-refractivity contribution in [3.8, 4) is 5.75 Å². The van der Waals surface area contributed by atoms with Crippen LogP contribution in [0.5, 0.6) is 5.75 Å². The maximum absolute atomic E-state index is 6.14. The van der Waals surface area contributed by atoms with Crippen molar-refractivity contribution in [2.75, 3.05) is 5.32 Å². The summed E-state index contributed by atoms with van der Waals surface area (Å²) < 4.78 is 6.96. The number of anilines is 1. The highest BCUT2D eigenvalue weighted by Crippen LogP contribution is 2.39. The van der Waals surface area contributed by atoms with Crippen molar-refractivity contribution in [1.82, 2.24) is 5.32 Å². The molecular weight excluding hydrogens is 420 g/mol. The van der Waals surface area contributed by atoms with Crippen LogP contribution in [0.3, 0.4) is 0 Å². The summed E-state index contributed by atoms with van der Waals surface area (Å²) in [6, 6.07) is 12.0. The van der Waals surface area contributed by atoms with Gasteiger partial charge in [-0.3, -0.25) is 0 Å². The fourth-order valence-corrected chi connectivity index (χ4v) is 3.69. The largest absolute Gasteiger partial charge is 0.487 e. The molecule has 1 atom stereocenters. The summed E-state index contributed by atoms with van der Waals surface area (Å²) in [4.78, 5) is 0. The van der Waals surface area contributed by atoms with Crippen LogP contribution in [0.4, 0.5) is 5.69 Å². The lowest BCUT2D eigenvalue weighted by Gasteiger charge is -2.38. The van der Waals surface area contributed by atoms with Crippen molar-refractivity contribution < 1.29 is 4.74 Å². The average molecular weight is 440 g/mol. The van der Waals surface area contributed by atoms with Crippen molar-refractivity contribution in [3.63, 3.8) is 0 Å². The van der Waals surface area contributed by atoms with Gasteiger partial charge in [0.1, 0.15) is 11.4 Å². The first-order valence-electron chi connectivity index (χ1n) is 8.06. The van der Waals surface area contributed by atoms with Gasteiger partial charge < -0.3 is 15.4 Å². The van der Waals surface area contributed by atoms with E-state index in [-0.39, 0.29) is 11.6 Å². The standard InChI is InChI=1S/C19H20BrClN2OS/c1-11-4-7-17-13(8-11)16(10-19(2,3)24-17)23-18(25)22-12-5-6-14(20)15(21)9-12/h4-9,16H,10H2,1-3H3,(H2,22,23,25). The number of aryl methyl sites for hydroxylation is 1. The molecule has 0 radical (unpaired) electrons. The predicted molar refractivity (Wildman–Crippen MR) is 112 cm³/mol. The molecule has 0 saturated heterocycles. The highest BCUT2D eigenvalue weighted by atomic mass is 79.9. The fraction of sp³-hybridized carbons (Fsp3) is 0.316. The molecule has 132 valence electrons.